The van der Waals surface area contributed by atoms with Crippen LogP contribution in [0.1, 0.15) is 18.4 Å². The Labute approximate surface area is 133 Å². The van der Waals surface area contributed by atoms with Crippen molar-refractivity contribution in [1.29, 1.82) is 0 Å². The van der Waals surface area contributed by atoms with Crippen molar-refractivity contribution in [3.05, 3.63) is 57.0 Å². The van der Waals surface area contributed by atoms with Gasteiger partial charge in [-0.1, -0.05) is 53.0 Å². The van der Waals surface area contributed by atoms with E-state index < -0.39 is 0 Å². The van der Waals surface area contributed by atoms with E-state index in [-0.39, 0.29) is 0 Å². The molecule has 104 valence electrons. The third-order valence-corrected chi connectivity index (χ3v) is 4.29. The molecule has 0 aliphatic heterocycles. The topological polar surface area (TPSA) is 12.0 Å². The molecule has 2 aromatic carbocycles. The summed E-state index contributed by atoms with van der Waals surface area (Å²) in [5, 5.41) is 5.43. The molecule has 0 saturated heterocycles. The van der Waals surface area contributed by atoms with Gasteiger partial charge in [0.05, 0.1) is 0 Å². The van der Waals surface area contributed by atoms with E-state index in [0.29, 0.717) is 21.1 Å². The van der Waals surface area contributed by atoms with Crippen LogP contribution in [0.3, 0.4) is 0 Å². The summed E-state index contributed by atoms with van der Waals surface area (Å²) in [7, 11) is 0. The molecule has 2 aromatic rings. The first kappa shape index (κ1) is 14.2. The summed E-state index contributed by atoms with van der Waals surface area (Å²) in [5.41, 5.74) is 3.03. The van der Waals surface area contributed by atoms with E-state index in [9.17, 15) is 0 Å². The minimum absolute atomic E-state index is 0.614. The molecule has 0 radical (unpaired) electrons. The van der Waals surface area contributed by atoms with Gasteiger partial charge in [-0.2, -0.15) is 0 Å². The van der Waals surface area contributed by atoms with Gasteiger partial charge in [0, 0.05) is 38.8 Å². The maximum atomic E-state index is 6.39. The van der Waals surface area contributed by atoms with Gasteiger partial charge in [-0.15, -0.1) is 0 Å². The lowest BCUT2D eigenvalue weighted by atomic mass is 10.0. The molecule has 1 aliphatic rings. The van der Waals surface area contributed by atoms with Gasteiger partial charge in [0.25, 0.3) is 0 Å². The van der Waals surface area contributed by atoms with Crippen LogP contribution >= 0.6 is 34.8 Å². The number of hydrogen-bond donors (Lipinski definition) is 1. The fourth-order valence-corrected chi connectivity index (χ4v) is 2.96. The Morgan fingerprint density at radius 3 is 2.15 bits per heavy atom. The summed E-state index contributed by atoms with van der Waals surface area (Å²) < 4.78 is 0. The van der Waals surface area contributed by atoms with Crippen LogP contribution in [-0.4, -0.2) is 6.04 Å². The monoisotopic (exact) mass is 325 g/mol. The quantitative estimate of drug-likeness (QED) is 0.775. The molecule has 0 unspecified atom stereocenters. The van der Waals surface area contributed by atoms with Gasteiger partial charge < -0.3 is 5.32 Å². The number of halogens is 3. The lowest BCUT2D eigenvalue weighted by molar-refractivity contribution is 0.688. The van der Waals surface area contributed by atoms with Gasteiger partial charge in [-0.25, -0.2) is 0 Å². The Bertz CT molecular complexity index is 636. The minimum Gasteiger partial charge on any atom is -0.310 e. The molecule has 20 heavy (non-hydrogen) atoms. The summed E-state index contributed by atoms with van der Waals surface area (Å²) in [4.78, 5) is 0. The fourth-order valence-electron chi connectivity index (χ4n) is 2.14. The molecule has 0 spiro atoms. The highest BCUT2D eigenvalue weighted by Gasteiger charge is 2.20. The van der Waals surface area contributed by atoms with Crippen LogP contribution < -0.4 is 5.32 Å². The summed E-state index contributed by atoms with van der Waals surface area (Å²) >= 11 is 18.5. The summed E-state index contributed by atoms with van der Waals surface area (Å²) in [5.74, 6) is 0. The molecule has 1 aliphatic carbocycles. The molecule has 0 aromatic heterocycles. The molecular weight excluding hydrogens is 313 g/mol. The molecule has 1 fully saturated rings. The van der Waals surface area contributed by atoms with Gasteiger partial charge in [0.2, 0.25) is 0 Å². The van der Waals surface area contributed by atoms with Gasteiger partial charge in [-0.3, -0.25) is 0 Å². The molecular formula is C16H14Cl3N. The van der Waals surface area contributed by atoms with E-state index in [1.54, 1.807) is 6.07 Å². The highest BCUT2D eigenvalue weighted by atomic mass is 35.5. The first-order valence-electron chi connectivity index (χ1n) is 6.61. The van der Waals surface area contributed by atoms with E-state index in [1.165, 1.54) is 18.4 Å². The van der Waals surface area contributed by atoms with Crippen molar-refractivity contribution in [2.75, 3.05) is 0 Å². The molecule has 1 N–H and O–H groups in total. The van der Waals surface area contributed by atoms with Gasteiger partial charge in [0.1, 0.15) is 0 Å². The zero-order chi connectivity index (χ0) is 14.1. The predicted octanol–water partition coefficient (Wildman–Crippen LogP) is 5.57. The highest BCUT2D eigenvalue weighted by Crippen LogP contribution is 2.35. The molecule has 0 bridgehead atoms. The van der Waals surface area contributed by atoms with Crippen molar-refractivity contribution in [1.82, 2.24) is 5.32 Å². The molecule has 4 heteroatoms. The van der Waals surface area contributed by atoms with Crippen molar-refractivity contribution in [3.8, 4) is 11.1 Å². The van der Waals surface area contributed by atoms with Crippen molar-refractivity contribution < 1.29 is 0 Å². The molecule has 0 heterocycles. The zero-order valence-corrected chi connectivity index (χ0v) is 13.1. The Morgan fingerprint density at radius 1 is 0.900 bits per heavy atom. The van der Waals surface area contributed by atoms with Gasteiger partial charge in [-0.05, 0) is 36.6 Å². The lowest BCUT2D eigenvalue weighted by Gasteiger charge is -2.10. The number of nitrogens with one attached hydrogen (secondary N) is 1. The lowest BCUT2D eigenvalue weighted by Crippen LogP contribution is -2.15. The molecule has 0 atom stereocenters. The number of benzene rings is 2. The van der Waals surface area contributed by atoms with E-state index in [4.69, 9.17) is 34.8 Å². The Morgan fingerprint density at radius 2 is 1.55 bits per heavy atom. The van der Waals surface area contributed by atoms with Crippen LogP contribution in [0.25, 0.3) is 11.1 Å². The Hall–Kier alpha value is -0.730. The average Bonchev–Trinajstić information content (AvgIpc) is 3.22. The molecule has 0 amide bonds. The van der Waals surface area contributed by atoms with Gasteiger partial charge >= 0.3 is 0 Å². The van der Waals surface area contributed by atoms with Crippen molar-refractivity contribution in [2.24, 2.45) is 0 Å². The summed E-state index contributed by atoms with van der Waals surface area (Å²) in [6.07, 6.45) is 2.57. The standard InChI is InChI=1S/C16H14Cl3N/c17-11-2-6-14(16(19)8-11)13-5-1-10(7-15(13)18)9-20-12-3-4-12/h1-2,5-8,12,20H,3-4,9H2. The first-order chi connectivity index (χ1) is 9.63. The van der Waals surface area contributed by atoms with Crippen LogP contribution in [0.5, 0.6) is 0 Å². The smallest absolute Gasteiger partial charge is 0.0499 e. The predicted molar refractivity (Wildman–Crippen MR) is 86.8 cm³/mol. The largest absolute Gasteiger partial charge is 0.310 e. The molecule has 1 nitrogen and oxygen atoms in total. The van der Waals surface area contributed by atoms with E-state index in [2.05, 4.69) is 11.4 Å². The van der Waals surface area contributed by atoms with Gasteiger partial charge in [0.15, 0.2) is 0 Å². The second kappa shape index (κ2) is 5.95. The highest BCUT2D eigenvalue weighted by molar-refractivity contribution is 6.38. The minimum atomic E-state index is 0.614. The van der Waals surface area contributed by atoms with Crippen LogP contribution in [0.4, 0.5) is 0 Å². The zero-order valence-electron chi connectivity index (χ0n) is 10.8. The van der Waals surface area contributed by atoms with Crippen LogP contribution in [0.2, 0.25) is 15.1 Å². The Balaban J connectivity index is 1.85. The third kappa shape index (κ3) is 3.29. The maximum Gasteiger partial charge on any atom is 0.0499 e. The maximum absolute atomic E-state index is 6.39. The molecule has 1 saturated carbocycles. The Kier molecular flexibility index (Phi) is 4.23. The van der Waals surface area contributed by atoms with Crippen LogP contribution in [0, 0.1) is 0 Å². The van der Waals surface area contributed by atoms with E-state index in [1.807, 2.05) is 24.3 Å². The van der Waals surface area contributed by atoms with Crippen molar-refractivity contribution >= 4 is 34.8 Å². The summed E-state index contributed by atoms with van der Waals surface area (Å²) in [6.45, 7) is 0.860. The first-order valence-corrected chi connectivity index (χ1v) is 7.74. The fraction of sp³-hybridized carbons (Fsp3) is 0.250. The normalized spacial score (nSPS) is 14.6. The van der Waals surface area contributed by atoms with Crippen LogP contribution in [-0.2, 0) is 6.54 Å². The van der Waals surface area contributed by atoms with Crippen LogP contribution in [0.15, 0.2) is 36.4 Å². The third-order valence-electron chi connectivity index (χ3n) is 3.43. The van der Waals surface area contributed by atoms with Crippen molar-refractivity contribution in [2.45, 2.75) is 25.4 Å². The average molecular weight is 327 g/mol. The van der Waals surface area contributed by atoms with E-state index >= 15 is 0 Å². The van der Waals surface area contributed by atoms with Crippen molar-refractivity contribution in [3.63, 3.8) is 0 Å². The SMILES string of the molecule is Clc1ccc(-c2ccc(CNC3CC3)cc2Cl)c(Cl)c1. The number of hydrogen-bond acceptors (Lipinski definition) is 1. The van der Waals surface area contributed by atoms with E-state index in [0.717, 1.165) is 17.7 Å². The number of rotatable bonds is 4. The second-order valence-corrected chi connectivity index (χ2v) is 6.34. The molecule has 3 rings (SSSR count). The second-order valence-electron chi connectivity index (χ2n) is 5.09. The summed E-state index contributed by atoms with van der Waals surface area (Å²) in [6, 6.07) is 12.2.